The first-order chi connectivity index (χ1) is 35.0. The van der Waals surface area contributed by atoms with Gasteiger partial charge in [-0.1, -0.05) is 261 Å². The zero-order valence-electron chi connectivity index (χ0n) is 47.7. The number of allylic oxidation sites excluding steroid dienone is 10. The predicted molar refractivity (Wildman–Crippen MR) is 307 cm³/mol. The molecule has 420 valence electrons. The van der Waals surface area contributed by atoms with Gasteiger partial charge in [-0.2, -0.15) is 0 Å². The lowest BCUT2D eigenvalue weighted by Gasteiger charge is -2.24. The largest absolute Gasteiger partial charge is 0.472 e. The standard InChI is InChI=1S/C62H114NO8P/c1-6-8-10-12-14-16-17-18-19-20-21-22-23-24-25-26-27-28-29-30-31-32-33-34-35-36-37-38-39-40-41-42-43-44-45-47-49-51-53-55-62(65)71-60(59-70-72(66,67)69-57-56-63(3,4)5)58-68-61(64)54-52-50-48-46-15-13-11-9-7-2/h8,10,14,16,18-19,21-22,24-25,60H,6-7,9,11-13,15,17,20,23,26-59H2,1-5H3/p+1/b10-8-,16-14-,19-18-,22-21-,25-24-. The molecule has 0 aromatic rings. The Morgan fingerprint density at radius 1 is 0.444 bits per heavy atom. The third-order valence-corrected chi connectivity index (χ3v) is 14.0. The summed E-state index contributed by atoms with van der Waals surface area (Å²) in [6, 6.07) is 0. The highest BCUT2D eigenvalue weighted by molar-refractivity contribution is 7.47. The first kappa shape index (κ1) is 69.7. The van der Waals surface area contributed by atoms with Crippen molar-refractivity contribution in [3.05, 3.63) is 60.8 Å². The lowest BCUT2D eigenvalue weighted by Crippen LogP contribution is -2.37. The molecule has 0 aliphatic carbocycles. The van der Waals surface area contributed by atoms with Crippen LogP contribution in [0.15, 0.2) is 60.8 Å². The number of phosphoric ester groups is 1. The monoisotopic (exact) mass is 1030 g/mol. The third kappa shape index (κ3) is 57.0. The summed E-state index contributed by atoms with van der Waals surface area (Å²) in [7, 11) is 1.49. The minimum absolute atomic E-state index is 0.0338. The Bertz CT molecular complexity index is 1400. The highest BCUT2D eigenvalue weighted by Crippen LogP contribution is 2.43. The van der Waals surface area contributed by atoms with Gasteiger partial charge in [0.1, 0.15) is 19.8 Å². The average Bonchev–Trinajstić information content (AvgIpc) is 3.34. The number of nitrogens with zero attached hydrogens (tertiary/aromatic N) is 1. The van der Waals surface area contributed by atoms with E-state index >= 15 is 0 Å². The smallest absolute Gasteiger partial charge is 0.462 e. The second kappa shape index (κ2) is 53.5. The fraction of sp³-hybridized carbons (Fsp3) is 0.806. The molecular weight excluding hydrogens is 918 g/mol. The van der Waals surface area contributed by atoms with Gasteiger partial charge in [0.05, 0.1) is 27.7 Å². The maximum absolute atomic E-state index is 12.8. The van der Waals surface area contributed by atoms with Crippen LogP contribution in [0.3, 0.4) is 0 Å². The SMILES string of the molecule is CC/C=C\C/C=C\C/C=C\C/C=C\C/C=C\CCCCCCCCCCCCCCCCCCCCCCCCCC(=O)OC(COC(=O)CCCCCCCCCCC)COP(=O)(O)OCC[N+](C)(C)C. The summed E-state index contributed by atoms with van der Waals surface area (Å²) in [6.45, 7) is 4.31. The van der Waals surface area contributed by atoms with Crippen LogP contribution < -0.4 is 0 Å². The molecule has 0 heterocycles. The van der Waals surface area contributed by atoms with Gasteiger partial charge in [0.2, 0.25) is 0 Å². The van der Waals surface area contributed by atoms with Crippen LogP contribution in [0.1, 0.15) is 271 Å². The second-order valence-electron chi connectivity index (χ2n) is 21.4. The van der Waals surface area contributed by atoms with E-state index in [0.29, 0.717) is 23.9 Å². The highest BCUT2D eigenvalue weighted by atomic mass is 31.2. The van der Waals surface area contributed by atoms with Gasteiger partial charge in [-0.25, -0.2) is 4.57 Å². The number of unbranched alkanes of at least 4 members (excludes halogenated alkanes) is 31. The zero-order valence-corrected chi connectivity index (χ0v) is 48.6. The molecule has 9 nitrogen and oxygen atoms in total. The van der Waals surface area contributed by atoms with Crippen LogP contribution in [0.2, 0.25) is 0 Å². The first-order valence-electron chi connectivity index (χ1n) is 30.0. The van der Waals surface area contributed by atoms with Gasteiger partial charge in [0, 0.05) is 12.8 Å². The molecule has 1 N–H and O–H groups in total. The Morgan fingerprint density at radius 3 is 1.18 bits per heavy atom. The molecule has 0 spiro atoms. The molecule has 0 aromatic heterocycles. The number of hydrogen-bond acceptors (Lipinski definition) is 7. The summed E-state index contributed by atoms with van der Waals surface area (Å²) >= 11 is 0. The topological polar surface area (TPSA) is 108 Å². The third-order valence-electron chi connectivity index (χ3n) is 13.1. The van der Waals surface area contributed by atoms with Gasteiger partial charge in [-0.15, -0.1) is 0 Å². The molecule has 0 aliphatic rings. The van der Waals surface area contributed by atoms with Gasteiger partial charge >= 0.3 is 19.8 Å². The molecule has 0 rings (SSSR count). The molecule has 0 fully saturated rings. The summed E-state index contributed by atoms with van der Waals surface area (Å²) in [5, 5.41) is 0. The fourth-order valence-corrected chi connectivity index (χ4v) is 9.20. The lowest BCUT2D eigenvalue weighted by molar-refractivity contribution is -0.870. The van der Waals surface area contributed by atoms with Crippen molar-refractivity contribution in [2.75, 3.05) is 47.5 Å². The number of carbonyl (C=O) groups excluding carboxylic acids is 2. The van der Waals surface area contributed by atoms with E-state index in [2.05, 4.69) is 74.6 Å². The molecule has 0 amide bonds. The molecule has 0 saturated carbocycles. The van der Waals surface area contributed by atoms with Crippen molar-refractivity contribution in [3.63, 3.8) is 0 Å². The lowest BCUT2D eigenvalue weighted by atomic mass is 10.0. The summed E-state index contributed by atoms with van der Waals surface area (Å²) in [5.41, 5.74) is 0. The van der Waals surface area contributed by atoms with E-state index in [1.54, 1.807) is 0 Å². The van der Waals surface area contributed by atoms with Gasteiger partial charge in [0.15, 0.2) is 6.10 Å². The van der Waals surface area contributed by atoms with Crippen molar-refractivity contribution in [3.8, 4) is 0 Å². The summed E-state index contributed by atoms with van der Waals surface area (Å²) < 4.78 is 34.4. The van der Waals surface area contributed by atoms with Crippen molar-refractivity contribution in [1.82, 2.24) is 0 Å². The molecule has 0 aromatic carbocycles. The number of likely N-dealkylation sites (N-methyl/N-ethyl adjacent to an activating group) is 1. The number of quaternary nitrogens is 1. The highest BCUT2D eigenvalue weighted by Gasteiger charge is 2.27. The van der Waals surface area contributed by atoms with Crippen molar-refractivity contribution in [2.45, 2.75) is 277 Å². The van der Waals surface area contributed by atoms with Crippen LogP contribution in [0, 0.1) is 0 Å². The summed E-state index contributed by atoms with van der Waals surface area (Å²) in [4.78, 5) is 35.5. The second-order valence-corrected chi connectivity index (χ2v) is 22.8. The first-order valence-corrected chi connectivity index (χ1v) is 31.5. The Balaban J connectivity index is 3.84. The van der Waals surface area contributed by atoms with E-state index in [-0.39, 0.29) is 25.6 Å². The molecule has 0 aliphatic heterocycles. The van der Waals surface area contributed by atoms with E-state index in [0.717, 1.165) is 64.2 Å². The average molecular weight is 1030 g/mol. The van der Waals surface area contributed by atoms with Crippen molar-refractivity contribution in [2.24, 2.45) is 0 Å². The quantitative estimate of drug-likeness (QED) is 0.0211. The fourth-order valence-electron chi connectivity index (χ4n) is 8.46. The van der Waals surface area contributed by atoms with E-state index in [4.69, 9.17) is 18.5 Å². The molecule has 72 heavy (non-hydrogen) atoms. The van der Waals surface area contributed by atoms with Crippen LogP contribution in [0.25, 0.3) is 0 Å². The summed E-state index contributed by atoms with van der Waals surface area (Å²) in [5.74, 6) is -0.789. The predicted octanol–water partition coefficient (Wildman–Crippen LogP) is 18.7. The normalized spacial score (nSPS) is 13.7. The van der Waals surface area contributed by atoms with Crippen LogP contribution in [0.5, 0.6) is 0 Å². The number of hydrogen-bond donors (Lipinski definition) is 1. The van der Waals surface area contributed by atoms with Gasteiger partial charge in [-0.05, 0) is 57.8 Å². The summed E-state index contributed by atoms with van der Waals surface area (Å²) in [6.07, 6.45) is 69.1. The molecular formula is C62H115NO8P+. The zero-order chi connectivity index (χ0) is 52.7. The van der Waals surface area contributed by atoms with Crippen molar-refractivity contribution >= 4 is 19.8 Å². The number of phosphoric acid groups is 1. The van der Waals surface area contributed by atoms with Crippen LogP contribution >= 0.6 is 7.82 Å². The van der Waals surface area contributed by atoms with Crippen molar-refractivity contribution in [1.29, 1.82) is 0 Å². The van der Waals surface area contributed by atoms with E-state index in [1.165, 1.54) is 173 Å². The maximum Gasteiger partial charge on any atom is 0.472 e. The van der Waals surface area contributed by atoms with Crippen molar-refractivity contribution < 1.29 is 42.1 Å². The number of carbonyl (C=O) groups is 2. The molecule has 10 heteroatoms. The molecule has 0 bridgehead atoms. The van der Waals surface area contributed by atoms with Gasteiger partial charge in [0.25, 0.3) is 0 Å². The van der Waals surface area contributed by atoms with Crippen LogP contribution in [0.4, 0.5) is 0 Å². The Kier molecular flexibility index (Phi) is 51.8. The number of ether oxygens (including phenoxy) is 2. The van der Waals surface area contributed by atoms with Crippen LogP contribution in [-0.2, 0) is 32.7 Å². The minimum Gasteiger partial charge on any atom is -0.462 e. The van der Waals surface area contributed by atoms with Gasteiger partial charge < -0.3 is 18.9 Å². The Morgan fingerprint density at radius 2 is 0.792 bits per heavy atom. The number of esters is 2. The maximum atomic E-state index is 12.8. The van der Waals surface area contributed by atoms with E-state index in [1.807, 2.05) is 21.1 Å². The van der Waals surface area contributed by atoms with E-state index in [9.17, 15) is 19.0 Å². The Labute approximate surface area is 445 Å². The van der Waals surface area contributed by atoms with Crippen LogP contribution in [-0.4, -0.2) is 74.9 Å². The minimum atomic E-state index is -4.37. The van der Waals surface area contributed by atoms with Gasteiger partial charge in [-0.3, -0.25) is 18.6 Å². The molecule has 0 saturated heterocycles. The Hall–Kier alpha value is -2.29. The number of rotatable bonds is 55. The molecule has 2 atom stereocenters. The van der Waals surface area contributed by atoms with E-state index < -0.39 is 26.5 Å². The molecule has 2 unspecified atom stereocenters. The molecule has 0 radical (unpaired) electrons.